The highest BCUT2D eigenvalue weighted by atomic mass is 32.2. The van der Waals surface area contributed by atoms with Crippen molar-refractivity contribution in [2.45, 2.75) is 26.4 Å². The zero-order valence-corrected chi connectivity index (χ0v) is 14.8. The Morgan fingerprint density at radius 3 is 2.32 bits per heavy atom. The maximum absolute atomic E-state index is 11.6. The summed E-state index contributed by atoms with van der Waals surface area (Å²) in [5.74, 6) is -0.173. The van der Waals surface area contributed by atoms with Gasteiger partial charge in [0.2, 0.25) is 0 Å². The van der Waals surface area contributed by atoms with Crippen molar-refractivity contribution in [2.24, 2.45) is 0 Å². The van der Waals surface area contributed by atoms with Gasteiger partial charge in [0.15, 0.2) is 0 Å². The first-order valence-corrected chi connectivity index (χ1v) is 9.52. The predicted molar refractivity (Wildman–Crippen MR) is 94.2 cm³/mol. The summed E-state index contributed by atoms with van der Waals surface area (Å²) in [7, 11) is -3.77. The quantitative estimate of drug-likeness (QED) is 0.729. The molecule has 2 aromatic rings. The van der Waals surface area contributed by atoms with Gasteiger partial charge in [0, 0.05) is 0 Å². The third kappa shape index (κ3) is 6.56. The van der Waals surface area contributed by atoms with Crippen LogP contribution in [-0.2, 0) is 32.2 Å². The topological polar surface area (TPSA) is 81.7 Å². The van der Waals surface area contributed by atoms with Crippen molar-refractivity contribution < 1.29 is 22.2 Å². The van der Waals surface area contributed by atoms with Gasteiger partial charge in [-0.1, -0.05) is 61.5 Å². The molecule has 1 N–H and O–H groups in total. The van der Waals surface area contributed by atoms with E-state index in [9.17, 15) is 13.2 Å². The van der Waals surface area contributed by atoms with Gasteiger partial charge in [-0.2, -0.15) is 13.9 Å². The van der Waals surface area contributed by atoms with Crippen LogP contribution in [0.2, 0.25) is 0 Å². The Morgan fingerprint density at radius 1 is 1.00 bits per heavy atom. The summed E-state index contributed by atoms with van der Waals surface area (Å²) in [6.45, 7) is 1.72. The highest BCUT2D eigenvalue weighted by Gasteiger charge is 2.13. The molecule has 0 radical (unpaired) electrons. The number of hydrogen-bond donors (Lipinski definition) is 1. The van der Waals surface area contributed by atoms with Crippen LogP contribution in [0.5, 0.6) is 0 Å². The SMILES string of the molecule is CCCS(=O)(=O)ONC(=O)OCc1ccccc1Cc1ccccc1. The van der Waals surface area contributed by atoms with Crippen LogP contribution in [0.25, 0.3) is 0 Å². The first-order valence-electron chi connectivity index (χ1n) is 7.95. The number of nitrogens with one attached hydrogen (secondary N) is 1. The fraction of sp³-hybridized carbons (Fsp3) is 0.278. The Bertz CT molecular complexity index is 790. The number of hydrogen-bond acceptors (Lipinski definition) is 5. The third-order valence-corrected chi connectivity index (χ3v) is 4.67. The van der Waals surface area contributed by atoms with E-state index < -0.39 is 16.2 Å². The molecule has 0 saturated carbocycles. The van der Waals surface area contributed by atoms with Gasteiger partial charge in [-0.05, 0) is 29.5 Å². The molecular weight excluding hydrogens is 342 g/mol. The van der Waals surface area contributed by atoms with Crippen molar-refractivity contribution in [3.63, 3.8) is 0 Å². The lowest BCUT2D eigenvalue weighted by atomic mass is 10.0. The summed E-state index contributed by atoms with van der Waals surface area (Å²) in [5, 5.41) is 0. The van der Waals surface area contributed by atoms with Crippen molar-refractivity contribution in [3.8, 4) is 0 Å². The first kappa shape index (κ1) is 19.0. The van der Waals surface area contributed by atoms with E-state index >= 15 is 0 Å². The normalized spacial score (nSPS) is 11.1. The van der Waals surface area contributed by atoms with E-state index in [1.807, 2.05) is 54.6 Å². The lowest BCUT2D eigenvalue weighted by molar-refractivity contribution is 0.0969. The number of carbonyl (C=O) groups is 1. The van der Waals surface area contributed by atoms with E-state index in [0.717, 1.165) is 16.7 Å². The molecule has 0 aliphatic heterocycles. The van der Waals surface area contributed by atoms with Gasteiger partial charge < -0.3 is 4.74 Å². The Hall–Kier alpha value is -2.38. The molecule has 0 aliphatic rings. The van der Waals surface area contributed by atoms with E-state index in [4.69, 9.17) is 4.74 Å². The van der Waals surface area contributed by atoms with Gasteiger partial charge in [-0.3, -0.25) is 0 Å². The minimum atomic E-state index is -3.77. The number of benzene rings is 2. The monoisotopic (exact) mass is 363 g/mol. The van der Waals surface area contributed by atoms with Crippen LogP contribution in [-0.4, -0.2) is 20.3 Å². The van der Waals surface area contributed by atoms with E-state index in [2.05, 4.69) is 4.28 Å². The Balaban J connectivity index is 1.91. The first-order chi connectivity index (χ1) is 12.0. The van der Waals surface area contributed by atoms with Gasteiger partial charge in [-0.15, -0.1) is 4.28 Å². The summed E-state index contributed by atoms with van der Waals surface area (Å²) in [6, 6.07) is 17.5. The largest absolute Gasteiger partial charge is 0.443 e. The number of hydroxylamine groups is 1. The molecular formula is C18H21NO5S. The highest BCUT2D eigenvalue weighted by Crippen LogP contribution is 2.15. The van der Waals surface area contributed by atoms with Crippen LogP contribution in [0.1, 0.15) is 30.0 Å². The summed E-state index contributed by atoms with van der Waals surface area (Å²) in [5.41, 5.74) is 4.82. The van der Waals surface area contributed by atoms with Crippen LogP contribution in [0, 0.1) is 0 Å². The zero-order chi connectivity index (χ0) is 18.1. The van der Waals surface area contributed by atoms with E-state index in [1.54, 1.807) is 12.4 Å². The molecule has 0 bridgehead atoms. The van der Waals surface area contributed by atoms with Gasteiger partial charge >= 0.3 is 6.09 Å². The summed E-state index contributed by atoms with van der Waals surface area (Å²) in [4.78, 5) is 11.6. The molecule has 6 nitrogen and oxygen atoms in total. The van der Waals surface area contributed by atoms with Gasteiger partial charge in [-0.25, -0.2) is 4.79 Å². The second-order valence-corrected chi connectivity index (χ2v) is 7.14. The molecule has 1 amide bonds. The molecule has 2 aromatic carbocycles. The number of ether oxygens (including phenoxy) is 1. The predicted octanol–water partition coefficient (Wildman–Crippen LogP) is 3.18. The van der Waals surface area contributed by atoms with Crippen LogP contribution < -0.4 is 5.48 Å². The lowest BCUT2D eigenvalue weighted by Gasteiger charge is -2.11. The second-order valence-electron chi connectivity index (χ2n) is 5.45. The van der Waals surface area contributed by atoms with Crippen molar-refractivity contribution in [2.75, 3.05) is 5.75 Å². The summed E-state index contributed by atoms with van der Waals surface area (Å²) >= 11 is 0. The summed E-state index contributed by atoms with van der Waals surface area (Å²) < 4.78 is 32.2. The number of carbonyl (C=O) groups excluding carboxylic acids is 1. The van der Waals surface area contributed by atoms with E-state index in [0.29, 0.717) is 12.8 Å². The minimum Gasteiger partial charge on any atom is -0.443 e. The number of amides is 1. The minimum absolute atomic E-state index is 0.0199. The molecule has 0 unspecified atom stereocenters. The van der Waals surface area contributed by atoms with E-state index in [1.165, 1.54) is 0 Å². The average molecular weight is 363 g/mol. The molecule has 0 aromatic heterocycles. The van der Waals surface area contributed by atoms with E-state index in [-0.39, 0.29) is 12.4 Å². The smallest absolute Gasteiger partial charge is 0.432 e. The van der Waals surface area contributed by atoms with Crippen LogP contribution in [0.15, 0.2) is 54.6 Å². The van der Waals surface area contributed by atoms with Crippen LogP contribution in [0.3, 0.4) is 0 Å². The Kier molecular flexibility index (Phi) is 6.97. The van der Waals surface area contributed by atoms with Crippen molar-refractivity contribution in [3.05, 3.63) is 71.3 Å². The molecule has 0 spiro atoms. The van der Waals surface area contributed by atoms with Gasteiger partial charge in [0.05, 0.1) is 5.75 Å². The van der Waals surface area contributed by atoms with Gasteiger partial charge in [0.25, 0.3) is 10.1 Å². The zero-order valence-electron chi connectivity index (χ0n) is 14.0. The fourth-order valence-electron chi connectivity index (χ4n) is 2.25. The second kappa shape index (κ2) is 9.19. The van der Waals surface area contributed by atoms with Crippen molar-refractivity contribution in [1.29, 1.82) is 0 Å². The van der Waals surface area contributed by atoms with Crippen LogP contribution in [0.4, 0.5) is 4.79 Å². The molecule has 0 heterocycles. The number of rotatable bonds is 8. The maximum atomic E-state index is 11.6. The summed E-state index contributed by atoms with van der Waals surface area (Å²) in [6.07, 6.45) is 0.157. The molecule has 25 heavy (non-hydrogen) atoms. The fourth-order valence-corrected chi connectivity index (χ4v) is 3.03. The average Bonchev–Trinajstić information content (AvgIpc) is 2.60. The Morgan fingerprint density at radius 2 is 1.64 bits per heavy atom. The molecule has 0 fully saturated rings. The molecule has 0 saturated heterocycles. The standard InChI is InChI=1S/C18H21NO5S/c1-2-12-25(21,22)24-19-18(20)23-14-17-11-7-6-10-16(17)13-15-8-4-3-5-9-15/h3-11H,2,12-14H2,1H3,(H,19,20). The Labute approximate surface area is 147 Å². The van der Waals surface area contributed by atoms with Gasteiger partial charge in [0.1, 0.15) is 6.61 Å². The highest BCUT2D eigenvalue weighted by molar-refractivity contribution is 7.86. The van der Waals surface area contributed by atoms with Crippen molar-refractivity contribution >= 4 is 16.2 Å². The maximum Gasteiger partial charge on any atom is 0.432 e. The molecule has 134 valence electrons. The van der Waals surface area contributed by atoms with Crippen molar-refractivity contribution in [1.82, 2.24) is 5.48 Å². The molecule has 0 aliphatic carbocycles. The molecule has 0 atom stereocenters. The van der Waals surface area contributed by atoms with Crippen LogP contribution >= 0.6 is 0 Å². The lowest BCUT2D eigenvalue weighted by Crippen LogP contribution is -2.28. The molecule has 7 heteroatoms. The third-order valence-electron chi connectivity index (χ3n) is 3.42. The molecule has 2 rings (SSSR count).